The second-order valence-electron chi connectivity index (χ2n) is 6.58. The minimum absolute atomic E-state index is 0.0234. The van der Waals surface area contributed by atoms with Gasteiger partial charge in [-0.15, -0.1) is 0 Å². The van der Waals surface area contributed by atoms with Crippen molar-refractivity contribution in [2.75, 3.05) is 5.32 Å². The molecule has 4 aromatic rings. The summed E-state index contributed by atoms with van der Waals surface area (Å²) in [7, 11) is 0. The molecule has 27 heavy (non-hydrogen) atoms. The summed E-state index contributed by atoms with van der Waals surface area (Å²) in [5, 5.41) is 9.14. The van der Waals surface area contributed by atoms with Crippen LogP contribution in [0, 0.1) is 6.92 Å². The second-order valence-corrected chi connectivity index (χ2v) is 8.03. The number of halogens is 1. The van der Waals surface area contributed by atoms with Crippen molar-refractivity contribution in [1.29, 1.82) is 0 Å². The van der Waals surface area contributed by atoms with E-state index in [4.69, 9.17) is 16.7 Å². The summed E-state index contributed by atoms with van der Waals surface area (Å²) in [6, 6.07) is 15.6. The number of nitrogens with one attached hydrogen (secondary N) is 1. The van der Waals surface area contributed by atoms with Gasteiger partial charge in [-0.05, 0) is 36.8 Å². The van der Waals surface area contributed by atoms with Crippen LogP contribution in [0.4, 0.5) is 5.82 Å². The first-order valence-corrected chi connectivity index (χ1v) is 9.80. The molecule has 1 atom stereocenters. The second kappa shape index (κ2) is 6.18. The summed E-state index contributed by atoms with van der Waals surface area (Å²) < 4.78 is 2.85. The zero-order valence-electron chi connectivity index (χ0n) is 14.4. The van der Waals surface area contributed by atoms with Gasteiger partial charge in [-0.3, -0.25) is 4.79 Å². The number of amides is 1. The number of benzene rings is 2. The number of nitrogens with zero attached hydrogens (tertiary/aromatic N) is 3. The van der Waals surface area contributed by atoms with Gasteiger partial charge in [0.25, 0.3) is 0 Å². The molecule has 7 heteroatoms. The number of carbonyl (C=O) groups is 1. The van der Waals surface area contributed by atoms with Crippen LogP contribution in [0.3, 0.4) is 0 Å². The Hall–Kier alpha value is -2.70. The van der Waals surface area contributed by atoms with Crippen molar-refractivity contribution < 1.29 is 4.79 Å². The number of thiazole rings is 1. The average molecular weight is 395 g/mol. The highest BCUT2D eigenvalue weighted by Gasteiger charge is 2.33. The standard InChI is InChI=1S/C20H15ClN4OS/c1-11-18-14(12-6-8-13(21)9-7-12)10-17(26)23-19(18)25(24-11)20-22-15-4-2-3-5-16(15)27-20/h2-9,14H,10H2,1H3,(H,23,26)/t14-/m1/s1. The van der Waals surface area contributed by atoms with E-state index in [1.165, 1.54) is 0 Å². The summed E-state index contributed by atoms with van der Waals surface area (Å²) in [5.74, 6) is 0.640. The van der Waals surface area contributed by atoms with E-state index in [0.29, 0.717) is 17.3 Å². The minimum Gasteiger partial charge on any atom is -0.310 e. The molecular weight excluding hydrogens is 380 g/mol. The number of hydrogen-bond acceptors (Lipinski definition) is 4. The van der Waals surface area contributed by atoms with Gasteiger partial charge in [-0.25, -0.2) is 4.98 Å². The van der Waals surface area contributed by atoms with Gasteiger partial charge in [0.05, 0.1) is 15.9 Å². The Morgan fingerprint density at radius 3 is 2.74 bits per heavy atom. The van der Waals surface area contributed by atoms with Gasteiger partial charge >= 0.3 is 0 Å². The molecule has 0 radical (unpaired) electrons. The molecule has 5 rings (SSSR count). The Morgan fingerprint density at radius 1 is 1.19 bits per heavy atom. The lowest BCUT2D eigenvalue weighted by atomic mass is 9.86. The Balaban J connectivity index is 1.67. The fourth-order valence-corrected chi connectivity index (χ4v) is 4.67. The fourth-order valence-electron chi connectivity index (χ4n) is 3.62. The molecule has 0 fully saturated rings. The van der Waals surface area contributed by atoms with E-state index in [1.54, 1.807) is 16.0 Å². The molecule has 1 amide bonds. The first kappa shape index (κ1) is 16.5. The maximum atomic E-state index is 12.4. The lowest BCUT2D eigenvalue weighted by Gasteiger charge is -2.24. The Labute approximate surface area is 164 Å². The Bertz CT molecular complexity index is 1150. The van der Waals surface area contributed by atoms with Gasteiger partial charge in [0.1, 0.15) is 5.82 Å². The van der Waals surface area contributed by atoms with Crippen LogP contribution in [0.5, 0.6) is 0 Å². The fraction of sp³-hybridized carbons (Fsp3) is 0.150. The summed E-state index contributed by atoms with van der Waals surface area (Å²) in [4.78, 5) is 17.1. The molecule has 0 aliphatic carbocycles. The van der Waals surface area contributed by atoms with Crippen molar-refractivity contribution in [3.63, 3.8) is 0 Å². The van der Waals surface area contributed by atoms with Gasteiger partial charge in [0.2, 0.25) is 11.0 Å². The minimum atomic E-state index is -0.0471. The van der Waals surface area contributed by atoms with Gasteiger partial charge < -0.3 is 5.32 Å². The van der Waals surface area contributed by atoms with Gasteiger partial charge in [-0.1, -0.05) is 47.2 Å². The Morgan fingerprint density at radius 2 is 1.96 bits per heavy atom. The third kappa shape index (κ3) is 2.72. The van der Waals surface area contributed by atoms with Crippen LogP contribution in [-0.2, 0) is 4.79 Å². The van der Waals surface area contributed by atoms with Gasteiger partial charge in [-0.2, -0.15) is 9.78 Å². The summed E-state index contributed by atoms with van der Waals surface area (Å²) in [6.45, 7) is 1.98. The predicted molar refractivity (Wildman–Crippen MR) is 108 cm³/mol. The maximum Gasteiger partial charge on any atom is 0.226 e. The topological polar surface area (TPSA) is 59.8 Å². The first-order chi connectivity index (χ1) is 13.1. The zero-order valence-corrected chi connectivity index (χ0v) is 16.0. The quantitative estimate of drug-likeness (QED) is 0.525. The summed E-state index contributed by atoms with van der Waals surface area (Å²) >= 11 is 7.59. The third-order valence-electron chi connectivity index (χ3n) is 4.84. The lowest BCUT2D eigenvalue weighted by molar-refractivity contribution is -0.116. The van der Waals surface area contributed by atoms with Crippen LogP contribution in [0.25, 0.3) is 15.3 Å². The van der Waals surface area contributed by atoms with E-state index in [-0.39, 0.29) is 11.8 Å². The highest BCUT2D eigenvalue weighted by Crippen LogP contribution is 2.41. The molecule has 1 aliphatic rings. The number of anilines is 1. The normalized spacial score (nSPS) is 16.4. The van der Waals surface area contributed by atoms with Crippen LogP contribution < -0.4 is 5.32 Å². The van der Waals surface area contributed by atoms with E-state index in [2.05, 4.69) is 10.3 Å². The molecule has 0 spiro atoms. The highest BCUT2D eigenvalue weighted by molar-refractivity contribution is 7.20. The van der Waals surface area contributed by atoms with E-state index in [0.717, 1.165) is 32.2 Å². The number of aryl methyl sites for hydroxylation is 1. The Kier molecular flexibility index (Phi) is 3.77. The summed E-state index contributed by atoms with van der Waals surface area (Å²) in [6.07, 6.45) is 0.390. The monoisotopic (exact) mass is 394 g/mol. The van der Waals surface area contributed by atoms with Crippen LogP contribution >= 0.6 is 22.9 Å². The maximum absolute atomic E-state index is 12.4. The number of fused-ring (bicyclic) bond motifs is 2. The SMILES string of the molecule is Cc1nn(-c2nc3ccccc3s2)c2c1[C@@H](c1ccc(Cl)cc1)CC(=O)N2. The van der Waals surface area contributed by atoms with Crippen LogP contribution in [0.15, 0.2) is 48.5 Å². The smallest absolute Gasteiger partial charge is 0.226 e. The number of aromatic nitrogens is 3. The van der Waals surface area contributed by atoms with Crippen LogP contribution in [-0.4, -0.2) is 20.7 Å². The molecule has 2 aromatic carbocycles. The molecule has 5 nitrogen and oxygen atoms in total. The van der Waals surface area contributed by atoms with Crippen LogP contribution in [0.2, 0.25) is 5.02 Å². The number of carbonyl (C=O) groups excluding carboxylic acids is 1. The molecule has 0 saturated carbocycles. The molecule has 3 heterocycles. The molecule has 0 saturated heterocycles. The third-order valence-corrected chi connectivity index (χ3v) is 6.10. The number of para-hydroxylation sites is 1. The molecule has 2 aromatic heterocycles. The summed E-state index contributed by atoms with van der Waals surface area (Å²) in [5.41, 5.74) is 3.92. The van der Waals surface area contributed by atoms with Gasteiger partial charge in [0.15, 0.2) is 0 Å². The van der Waals surface area contributed by atoms with Gasteiger partial charge in [0, 0.05) is 22.9 Å². The zero-order chi connectivity index (χ0) is 18.5. The van der Waals surface area contributed by atoms with Crippen molar-refractivity contribution in [3.8, 4) is 5.13 Å². The number of rotatable bonds is 2. The van der Waals surface area contributed by atoms with Crippen molar-refractivity contribution in [1.82, 2.24) is 14.8 Å². The lowest BCUT2D eigenvalue weighted by Crippen LogP contribution is -2.24. The van der Waals surface area contributed by atoms with Crippen molar-refractivity contribution in [2.24, 2.45) is 0 Å². The molecular formula is C20H15ClN4OS. The molecule has 1 aliphatic heterocycles. The van der Waals surface area contributed by atoms with E-state index in [1.807, 2.05) is 55.5 Å². The average Bonchev–Trinajstić information content (AvgIpc) is 3.23. The van der Waals surface area contributed by atoms with Crippen molar-refractivity contribution in [2.45, 2.75) is 19.3 Å². The van der Waals surface area contributed by atoms with Crippen molar-refractivity contribution in [3.05, 3.63) is 70.4 Å². The molecule has 134 valence electrons. The molecule has 0 unspecified atom stereocenters. The van der Waals surface area contributed by atoms with E-state index < -0.39 is 0 Å². The molecule has 0 bridgehead atoms. The predicted octanol–water partition coefficient (Wildman–Crippen LogP) is 4.92. The van der Waals surface area contributed by atoms with E-state index in [9.17, 15) is 4.79 Å². The van der Waals surface area contributed by atoms with E-state index >= 15 is 0 Å². The van der Waals surface area contributed by atoms with Crippen LogP contribution in [0.1, 0.15) is 29.2 Å². The largest absolute Gasteiger partial charge is 0.310 e. The first-order valence-electron chi connectivity index (χ1n) is 8.61. The molecule has 1 N–H and O–H groups in total. The van der Waals surface area contributed by atoms with Crippen molar-refractivity contribution >= 4 is 44.9 Å². The highest BCUT2D eigenvalue weighted by atomic mass is 35.5. The number of hydrogen-bond donors (Lipinski definition) is 1.